The van der Waals surface area contributed by atoms with Gasteiger partial charge in [-0.15, -0.1) is 0 Å². The Balaban J connectivity index is 1.54. The van der Waals surface area contributed by atoms with E-state index in [2.05, 4.69) is 53.2 Å². The molecule has 5 nitrogen and oxygen atoms in total. The number of amides is 2. The molecule has 0 radical (unpaired) electrons. The topological polar surface area (TPSA) is 38.8 Å². The van der Waals surface area contributed by atoms with Gasteiger partial charge in [-0.2, -0.15) is 0 Å². The number of piperazine rings is 1. The van der Waals surface area contributed by atoms with Crippen LogP contribution in [0.2, 0.25) is 0 Å². The van der Waals surface area contributed by atoms with Gasteiger partial charge in [-0.1, -0.05) is 6.07 Å². The smallest absolute Gasteiger partial charge is 0.321 e. The summed E-state index contributed by atoms with van der Waals surface area (Å²) in [5.41, 5.74) is 2.89. The summed E-state index contributed by atoms with van der Waals surface area (Å²) in [6.45, 7) is 9.14. The highest BCUT2D eigenvalue weighted by atomic mass is 19.1. The molecule has 6 heteroatoms. The SMILES string of the molecule is CCN(CC)c1ccc(N2CCN(C(=O)Nc3cccc(F)c3)CC2)cc1. The van der Waals surface area contributed by atoms with Gasteiger partial charge < -0.3 is 20.0 Å². The fourth-order valence-corrected chi connectivity index (χ4v) is 3.40. The molecule has 2 aromatic carbocycles. The van der Waals surface area contributed by atoms with Gasteiger partial charge in [0.25, 0.3) is 0 Å². The molecule has 27 heavy (non-hydrogen) atoms. The van der Waals surface area contributed by atoms with E-state index in [1.165, 1.54) is 23.5 Å². The molecule has 1 fully saturated rings. The van der Waals surface area contributed by atoms with E-state index in [0.717, 1.165) is 26.2 Å². The van der Waals surface area contributed by atoms with Crippen LogP contribution in [0.1, 0.15) is 13.8 Å². The Hall–Kier alpha value is -2.76. The highest BCUT2D eigenvalue weighted by molar-refractivity contribution is 5.89. The average Bonchev–Trinajstić information content (AvgIpc) is 2.70. The maximum absolute atomic E-state index is 13.2. The average molecular weight is 370 g/mol. The van der Waals surface area contributed by atoms with Crippen LogP contribution in [-0.4, -0.2) is 50.2 Å². The Kier molecular flexibility index (Phi) is 6.16. The van der Waals surface area contributed by atoms with Crippen LogP contribution in [0.15, 0.2) is 48.5 Å². The molecule has 1 heterocycles. The van der Waals surface area contributed by atoms with Gasteiger partial charge in [0.15, 0.2) is 0 Å². The van der Waals surface area contributed by atoms with Crippen LogP contribution in [0.5, 0.6) is 0 Å². The highest BCUT2D eigenvalue weighted by Crippen LogP contribution is 2.22. The van der Waals surface area contributed by atoms with Gasteiger partial charge >= 0.3 is 6.03 Å². The van der Waals surface area contributed by atoms with Crippen molar-refractivity contribution in [3.8, 4) is 0 Å². The molecular formula is C21H27FN4O. The third-order valence-electron chi connectivity index (χ3n) is 4.99. The van der Waals surface area contributed by atoms with Crippen molar-refractivity contribution in [2.45, 2.75) is 13.8 Å². The van der Waals surface area contributed by atoms with E-state index in [9.17, 15) is 9.18 Å². The van der Waals surface area contributed by atoms with E-state index in [1.807, 2.05) is 0 Å². The molecule has 0 atom stereocenters. The van der Waals surface area contributed by atoms with Crippen LogP contribution in [-0.2, 0) is 0 Å². The summed E-state index contributed by atoms with van der Waals surface area (Å²) in [7, 11) is 0. The van der Waals surface area contributed by atoms with E-state index < -0.39 is 0 Å². The third-order valence-corrected chi connectivity index (χ3v) is 4.99. The number of nitrogens with one attached hydrogen (secondary N) is 1. The van der Waals surface area contributed by atoms with Gasteiger partial charge in [0, 0.05) is 56.3 Å². The van der Waals surface area contributed by atoms with Crippen molar-refractivity contribution >= 4 is 23.1 Å². The number of hydrogen-bond acceptors (Lipinski definition) is 3. The Morgan fingerprint density at radius 2 is 1.70 bits per heavy atom. The number of carbonyl (C=O) groups excluding carboxylic acids is 1. The predicted octanol–water partition coefficient (Wildman–Crippen LogP) is 4.03. The summed E-state index contributed by atoms with van der Waals surface area (Å²) >= 11 is 0. The second-order valence-corrected chi connectivity index (χ2v) is 6.60. The zero-order valence-electron chi connectivity index (χ0n) is 16.0. The Morgan fingerprint density at radius 1 is 1.04 bits per heavy atom. The van der Waals surface area contributed by atoms with Crippen LogP contribution in [0, 0.1) is 5.82 Å². The molecular weight excluding hydrogens is 343 g/mol. The minimum Gasteiger partial charge on any atom is -0.372 e. The van der Waals surface area contributed by atoms with Crippen LogP contribution in [0.4, 0.5) is 26.2 Å². The van der Waals surface area contributed by atoms with Crippen LogP contribution >= 0.6 is 0 Å². The molecule has 2 amide bonds. The maximum atomic E-state index is 13.2. The summed E-state index contributed by atoms with van der Waals surface area (Å²) in [4.78, 5) is 18.8. The minimum atomic E-state index is -0.356. The summed E-state index contributed by atoms with van der Waals surface area (Å²) in [6, 6.07) is 14.4. The zero-order chi connectivity index (χ0) is 19.2. The first-order valence-electron chi connectivity index (χ1n) is 9.52. The molecule has 0 unspecified atom stereocenters. The lowest BCUT2D eigenvalue weighted by Crippen LogP contribution is -2.50. The van der Waals surface area contributed by atoms with Gasteiger partial charge in [0.1, 0.15) is 5.82 Å². The molecule has 0 spiro atoms. The first kappa shape index (κ1) is 19.0. The van der Waals surface area contributed by atoms with Gasteiger partial charge in [0.2, 0.25) is 0 Å². The van der Waals surface area contributed by atoms with Crippen molar-refractivity contribution in [3.63, 3.8) is 0 Å². The molecule has 0 aromatic heterocycles. The number of halogens is 1. The monoisotopic (exact) mass is 370 g/mol. The van der Waals surface area contributed by atoms with Gasteiger partial charge in [-0.05, 0) is 56.3 Å². The zero-order valence-corrected chi connectivity index (χ0v) is 16.0. The van der Waals surface area contributed by atoms with Crippen LogP contribution < -0.4 is 15.1 Å². The van der Waals surface area contributed by atoms with Crippen molar-refractivity contribution in [2.75, 3.05) is 54.4 Å². The number of rotatable bonds is 5. The molecule has 0 aliphatic carbocycles. The first-order chi connectivity index (χ1) is 13.1. The lowest BCUT2D eigenvalue weighted by Gasteiger charge is -2.36. The van der Waals surface area contributed by atoms with E-state index >= 15 is 0 Å². The molecule has 1 N–H and O–H groups in total. The van der Waals surface area contributed by atoms with Crippen molar-refractivity contribution in [3.05, 3.63) is 54.3 Å². The second-order valence-electron chi connectivity index (χ2n) is 6.60. The third kappa shape index (κ3) is 4.70. The van der Waals surface area contributed by atoms with Crippen molar-refractivity contribution in [1.82, 2.24) is 4.90 Å². The summed E-state index contributed by atoms with van der Waals surface area (Å²) in [5, 5.41) is 2.76. The highest BCUT2D eigenvalue weighted by Gasteiger charge is 2.21. The Bertz CT molecular complexity index is 753. The molecule has 0 bridgehead atoms. The number of benzene rings is 2. The predicted molar refractivity (Wildman–Crippen MR) is 109 cm³/mol. The van der Waals surface area contributed by atoms with Gasteiger partial charge in [-0.25, -0.2) is 9.18 Å². The second kappa shape index (κ2) is 8.75. The number of anilines is 3. The standard InChI is InChI=1S/C21H27FN4O/c1-3-24(4-2)19-8-10-20(11-9-19)25-12-14-26(15-13-25)21(27)23-18-7-5-6-17(22)16-18/h5-11,16H,3-4,12-15H2,1-2H3,(H,23,27). The molecule has 2 aromatic rings. The number of hydrogen-bond donors (Lipinski definition) is 1. The van der Waals surface area contributed by atoms with Crippen molar-refractivity contribution in [2.24, 2.45) is 0 Å². The fraction of sp³-hybridized carbons (Fsp3) is 0.381. The lowest BCUT2D eigenvalue weighted by atomic mass is 10.2. The first-order valence-corrected chi connectivity index (χ1v) is 9.52. The van der Waals surface area contributed by atoms with Gasteiger partial charge in [0.05, 0.1) is 0 Å². The molecule has 3 rings (SSSR count). The molecule has 1 saturated heterocycles. The largest absolute Gasteiger partial charge is 0.372 e. The summed E-state index contributed by atoms with van der Waals surface area (Å²) < 4.78 is 13.2. The van der Waals surface area contributed by atoms with Crippen molar-refractivity contribution < 1.29 is 9.18 Å². The van der Waals surface area contributed by atoms with Crippen molar-refractivity contribution in [1.29, 1.82) is 0 Å². The number of nitrogens with zero attached hydrogens (tertiary/aromatic N) is 3. The van der Waals surface area contributed by atoms with E-state index in [1.54, 1.807) is 17.0 Å². The van der Waals surface area contributed by atoms with Crippen LogP contribution in [0.3, 0.4) is 0 Å². The van der Waals surface area contributed by atoms with E-state index in [0.29, 0.717) is 18.8 Å². The van der Waals surface area contributed by atoms with Crippen LogP contribution in [0.25, 0.3) is 0 Å². The molecule has 144 valence electrons. The molecule has 1 aliphatic heterocycles. The molecule has 0 saturated carbocycles. The van der Waals surface area contributed by atoms with E-state index in [-0.39, 0.29) is 11.8 Å². The van der Waals surface area contributed by atoms with E-state index in [4.69, 9.17) is 0 Å². The molecule has 1 aliphatic rings. The fourth-order valence-electron chi connectivity index (χ4n) is 3.40. The Labute approximate surface area is 160 Å². The normalized spacial score (nSPS) is 14.2. The van der Waals surface area contributed by atoms with Gasteiger partial charge in [-0.3, -0.25) is 0 Å². The summed E-state index contributed by atoms with van der Waals surface area (Å²) in [5.74, 6) is -0.356. The minimum absolute atomic E-state index is 0.183. The summed E-state index contributed by atoms with van der Waals surface area (Å²) in [6.07, 6.45) is 0. The lowest BCUT2D eigenvalue weighted by molar-refractivity contribution is 0.208. The quantitative estimate of drug-likeness (QED) is 0.864. The maximum Gasteiger partial charge on any atom is 0.321 e. The number of urea groups is 1. The number of carbonyl (C=O) groups is 1. The Morgan fingerprint density at radius 3 is 2.30 bits per heavy atom.